The van der Waals surface area contributed by atoms with E-state index >= 15 is 0 Å². The van der Waals surface area contributed by atoms with Gasteiger partial charge in [-0.25, -0.2) is 9.78 Å². The first kappa shape index (κ1) is 18.2. The third kappa shape index (κ3) is 3.50. The first-order chi connectivity index (χ1) is 13.6. The van der Waals surface area contributed by atoms with Crippen LogP contribution in [0.5, 0.6) is 5.88 Å². The van der Waals surface area contributed by atoms with Crippen LogP contribution in [0.15, 0.2) is 42.6 Å². The topological polar surface area (TPSA) is 112 Å². The molecule has 0 saturated heterocycles. The number of H-pyrrole nitrogens is 1. The lowest BCUT2D eigenvalue weighted by Gasteiger charge is -2.43. The Kier molecular flexibility index (Phi) is 4.87. The van der Waals surface area contributed by atoms with Crippen molar-refractivity contribution in [1.82, 2.24) is 20.5 Å². The number of fused-ring (bicyclic) bond motifs is 1. The Balaban J connectivity index is 1.50. The van der Waals surface area contributed by atoms with Gasteiger partial charge in [0.15, 0.2) is 0 Å². The number of amides is 2. The molecule has 1 fully saturated rings. The highest BCUT2D eigenvalue weighted by Gasteiger charge is 2.43. The second-order valence-corrected chi connectivity index (χ2v) is 6.98. The molecule has 2 heterocycles. The van der Waals surface area contributed by atoms with E-state index in [0.717, 1.165) is 17.4 Å². The molecule has 1 aliphatic carbocycles. The molecular weight excluding hydrogens is 358 g/mol. The van der Waals surface area contributed by atoms with Crippen LogP contribution >= 0.6 is 0 Å². The number of anilines is 1. The number of carbonyl (C=O) groups is 1. The van der Waals surface area contributed by atoms with Crippen molar-refractivity contribution in [1.29, 1.82) is 0 Å². The first-order valence-corrected chi connectivity index (χ1v) is 9.41. The number of ether oxygens (including phenoxy) is 1. The summed E-state index contributed by atoms with van der Waals surface area (Å²) >= 11 is 0. The maximum absolute atomic E-state index is 12.6. The number of hydrogen-bond acceptors (Lipinski definition) is 5. The quantitative estimate of drug-likeness (QED) is 0.524. The fourth-order valence-electron chi connectivity index (χ4n) is 3.49. The van der Waals surface area contributed by atoms with Gasteiger partial charge in [-0.15, -0.1) is 5.10 Å². The van der Waals surface area contributed by atoms with Crippen LogP contribution in [0.2, 0.25) is 0 Å². The molecular formula is C20H23N5O3. The van der Waals surface area contributed by atoms with Gasteiger partial charge < -0.3 is 15.2 Å². The number of nitrogens with zero attached hydrogens (tertiary/aromatic N) is 2. The summed E-state index contributed by atoms with van der Waals surface area (Å²) in [7, 11) is 0. The van der Waals surface area contributed by atoms with E-state index < -0.39 is 17.7 Å². The van der Waals surface area contributed by atoms with Gasteiger partial charge >= 0.3 is 6.03 Å². The molecule has 0 radical (unpaired) electrons. The predicted octanol–water partition coefficient (Wildman–Crippen LogP) is 3.13. The predicted molar refractivity (Wildman–Crippen MR) is 105 cm³/mol. The molecule has 2 aromatic heterocycles. The molecule has 8 nitrogen and oxygen atoms in total. The van der Waals surface area contributed by atoms with E-state index in [-0.39, 0.29) is 0 Å². The lowest BCUT2D eigenvalue weighted by Crippen LogP contribution is -2.51. The molecule has 0 aliphatic heterocycles. The molecule has 1 aromatic carbocycles. The van der Waals surface area contributed by atoms with Crippen molar-refractivity contribution >= 4 is 22.8 Å². The Morgan fingerprint density at radius 2 is 2.14 bits per heavy atom. The van der Waals surface area contributed by atoms with Crippen molar-refractivity contribution in [3.05, 3.63) is 48.2 Å². The monoisotopic (exact) mass is 381 g/mol. The molecule has 1 aliphatic rings. The van der Waals surface area contributed by atoms with E-state index in [9.17, 15) is 9.90 Å². The molecule has 1 saturated carbocycles. The maximum atomic E-state index is 12.6. The Bertz CT molecular complexity index is 968. The van der Waals surface area contributed by atoms with E-state index in [1.165, 1.54) is 0 Å². The number of aromatic amines is 1. The van der Waals surface area contributed by atoms with Gasteiger partial charge in [0.2, 0.25) is 5.88 Å². The molecule has 4 rings (SSSR count). The highest BCUT2D eigenvalue weighted by Crippen LogP contribution is 2.42. The van der Waals surface area contributed by atoms with Crippen LogP contribution in [-0.2, 0) is 0 Å². The third-order valence-corrected chi connectivity index (χ3v) is 5.10. The van der Waals surface area contributed by atoms with Crippen LogP contribution in [0.3, 0.4) is 0 Å². The van der Waals surface area contributed by atoms with Crippen molar-refractivity contribution < 1.29 is 14.6 Å². The lowest BCUT2D eigenvalue weighted by atomic mass is 9.72. The number of carbonyl (C=O) groups excluding carboxylic acids is 1. The molecule has 0 bridgehead atoms. The molecule has 2 amide bonds. The first-order valence-electron chi connectivity index (χ1n) is 9.41. The average molecular weight is 381 g/mol. The van der Waals surface area contributed by atoms with Crippen LogP contribution in [0, 0.1) is 0 Å². The number of aromatic nitrogens is 3. The standard InChI is InChI=1S/C20H23N5O3/c1-2-28-18-14-12-21-16(11-15(14)24-25-18)22-19(26)23-17(20(27)9-6-10-20)13-7-4-3-5-8-13/h3-5,7-8,11-12,17,27H,2,6,9-10H2,1H3,(H,24,25)(H2,21,22,23,26). The lowest BCUT2D eigenvalue weighted by molar-refractivity contribution is -0.0627. The van der Waals surface area contributed by atoms with Crippen LogP contribution in [0.4, 0.5) is 10.6 Å². The van der Waals surface area contributed by atoms with Crippen molar-refractivity contribution in [3.63, 3.8) is 0 Å². The number of rotatable bonds is 6. The van der Waals surface area contributed by atoms with Crippen LogP contribution in [0.25, 0.3) is 10.9 Å². The van der Waals surface area contributed by atoms with Crippen LogP contribution in [-0.4, -0.2) is 38.5 Å². The fourth-order valence-corrected chi connectivity index (χ4v) is 3.49. The minimum atomic E-state index is -0.925. The van der Waals surface area contributed by atoms with Crippen LogP contribution in [0.1, 0.15) is 37.8 Å². The second kappa shape index (κ2) is 7.47. The third-order valence-electron chi connectivity index (χ3n) is 5.10. The summed E-state index contributed by atoms with van der Waals surface area (Å²) in [5, 5.41) is 24.2. The minimum Gasteiger partial charge on any atom is -0.476 e. The Morgan fingerprint density at radius 1 is 1.36 bits per heavy atom. The minimum absolute atomic E-state index is 0.379. The summed E-state index contributed by atoms with van der Waals surface area (Å²) in [4.78, 5) is 16.9. The Labute approximate surface area is 162 Å². The van der Waals surface area contributed by atoms with Gasteiger partial charge in [0.25, 0.3) is 0 Å². The molecule has 1 atom stereocenters. The fraction of sp³-hybridized carbons (Fsp3) is 0.350. The number of nitrogens with one attached hydrogen (secondary N) is 3. The van der Waals surface area contributed by atoms with Gasteiger partial charge in [-0.05, 0) is 31.7 Å². The zero-order chi connectivity index (χ0) is 19.6. The summed E-state index contributed by atoms with van der Waals surface area (Å²) < 4.78 is 5.43. The summed E-state index contributed by atoms with van der Waals surface area (Å²) in [6, 6.07) is 10.3. The van der Waals surface area contributed by atoms with Gasteiger partial charge in [0, 0.05) is 12.3 Å². The van der Waals surface area contributed by atoms with Gasteiger partial charge in [0.1, 0.15) is 5.82 Å². The number of pyridine rings is 1. The summed E-state index contributed by atoms with van der Waals surface area (Å²) in [5.41, 5.74) is 0.662. The summed E-state index contributed by atoms with van der Waals surface area (Å²) in [6.45, 7) is 2.39. The van der Waals surface area contributed by atoms with Crippen molar-refractivity contribution in [3.8, 4) is 5.88 Å². The van der Waals surface area contributed by atoms with Crippen molar-refractivity contribution in [2.75, 3.05) is 11.9 Å². The number of hydrogen-bond donors (Lipinski definition) is 4. The largest absolute Gasteiger partial charge is 0.476 e. The van der Waals surface area contributed by atoms with Crippen molar-refractivity contribution in [2.45, 2.75) is 37.8 Å². The van der Waals surface area contributed by atoms with E-state index in [2.05, 4.69) is 25.8 Å². The molecule has 28 heavy (non-hydrogen) atoms. The van der Waals surface area contributed by atoms with Gasteiger partial charge in [-0.2, -0.15) is 0 Å². The molecule has 8 heteroatoms. The smallest absolute Gasteiger partial charge is 0.320 e. The highest BCUT2D eigenvalue weighted by molar-refractivity contribution is 5.92. The summed E-state index contributed by atoms with van der Waals surface area (Å²) in [6.07, 6.45) is 3.87. The van der Waals surface area contributed by atoms with Gasteiger partial charge in [-0.3, -0.25) is 10.4 Å². The van der Waals surface area contributed by atoms with Gasteiger partial charge in [-0.1, -0.05) is 30.3 Å². The number of benzene rings is 1. The zero-order valence-electron chi connectivity index (χ0n) is 15.6. The van der Waals surface area contributed by atoms with E-state index in [1.807, 2.05) is 37.3 Å². The molecule has 0 spiro atoms. The van der Waals surface area contributed by atoms with E-state index in [1.54, 1.807) is 12.3 Å². The van der Waals surface area contributed by atoms with Crippen molar-refractivity contribution in [2.24, 2.45) is 0 Å². The Morgan fingerprint density at radius 3 is 2.82 bits per heavy atom. The Hall–Kier alpha value is -3.13. The molecule has 146 valence electrons. The number of aliphatic hydroxyl groups is 1. The zero-order valence-corrected chi connectivity index (χ0v) is 15.6. The maximum Gasteiger partial charge on any atom is 0.320 e. The SMILES string of the molecule is CCOc1n[nH]c2cc(NC(=O)NC(c3ccccc3)C3(O)CCC3)ncc12. The average Bonchev–Trinajstić information content (AvgIpc) is 3.07. The number of urea groups is 1. The van der Waals surface area contributed by atoms with Crippen LogP contribution < -0.4 is 15.4 Å². The summed E-state index contributed by atoms with van der Waals surface area (Å²) in [5.74, 6) is 0.862. The van der Waals surface area contributed by atoms with E-state index in [0.29, 0.717) is 36.7 Å². The molecule has 1 unspecified atom stereocenters. The van der Waals surface area contributed by atoms with Gasteiger partial charge in [0.05, 0.1) is 29.2 Å². The van der Waals surface area contributed by atoms with E-state index in [4.69, 9.17) is 4.74 Å². The molecule has 3 aromatic rings. The molecule has 4 N–H and O–H groups in total. The second-order valence-electron chi connectivity index (χ2n) is 6.98. The highest BCUT2D eigenvalue weighted by atomic mass is 16.5. The normalized spacial score (nSPS) is 16.2.